The highest BCUT2D eigenvalue weighted by atomic mass is 31.2. The van der Waals surface area contributed by atoms with Gasteiger partial charge in [0, 0.05) is 13.0 Å². The van der Waals surface area contributed by atoms with Crippen LogP contribution in [-0.2, 0) is 32.7 Å². The van der Waals surface area contributed by atoms with Gasteiger partial charge in [-0.2, -0.15) is 0 Å². The van der Waals surface area contributed by atoms with Crippen molar-refractivity contribution in [3.63, 3.8) is 0 Å². The molecule has 4 N–H and O–H groups in total. The molecule has 0 bridgehead atoms. The van der Waals surface area contributed by atoms with Crippen molar-refractivity contribution in [3.8, 4) is 0 Å². The molecular formula is C50H94NO9P. The standard InChI is InChI=1S/C50H94NO9P/c1-3-5-7-9-11-13-15-17-19-21-23-24-25-26-28-30-32-34-36-38-40-42-49(52)60-47(45-58-61(55,56)59-46-48(51)50(53)54)44-57-43-41-39-37-35-33-31-29-27-22-20-18-16-14-12-10-8-6-4-2/h12,14,18,20-21,23,47-48H,3-11,13,15-17,19,22,24-46,51H2,1-2H3,(H,53,54)(H,55,56)/b14-12-,20-18-,23-21-. The summed E-state index contributed by atoms with van der Waals surface area (Å²) in [5.41, 5.74) is 5.37. The lowest BCUT2D eigenvalue weighted by Crippen LogP contribution is -2.34. The number of allylic oxidation sites excluding steroid dienone is 6. The number of hydrogen-bond acceptors (Lipinski definition) is 8. The molecule has 0 saturated carbocycles. The fraction of sp³-hybridized carbons (Fsp3) is 0.840. The maximum absolute atomic E-state index is 12.7. The lowest BCUT2D eigenvalue weighted by Gasteiger charge is -2.20. The number of phosphoric ester groups is 1. The van der Waals surface area contributed by atoms with Crippen molar-refractivity contribution in [2.24, 2.45) is 5.73 Å². The third-order valence-corrected chi connectivity index (χ3v) is 11.8. The Morgan fingerprint density at radius 1 is 0.525 bits per heavy atom. The molecule has 0 fully saturated rings. The Kier molecular flexibility index (Phi) is 44.8. The summed E-state index contributed by atoms with van der Waals surface area (Å²) in [6.45, 7) is 3.87. The van der Waals surface area contributed by atoms with Gasteiger partial charge in [0.05, 0.1) is 19.8 Å². The molecule has 11 heteroatoms. The van der Waals surface area contributed by atoms with Crippen molar-refractivity contribution in [2.45, 2.75) is 244 Å². The third-order valence-electron chi connectivity index (χ3n) is 10.9. The van der Waals surface area contributed by atoms with Crippen LogP contribution in [0.4, 0.5) is 0 Å². The highest BCUT2D eigenvalue weighted by molar-refractivity contribution is 7.47. The number of carbonyl (C=O) groups is 2. The molecule has 10 nitrogen and oxygen atoms in total. The van der Waals surface area contributed by atoms with Gasteiger partial charge in [-0.15, -0.1) is 0 Å². The number of carboxylic acids is 1. The topological polar surface area (TPSA) is 155 Å². The van der Waals surface area contributed by atoms with Gasteiger partial charge in [0.2, 0.25) is 0 Å². The Bertz CT molecular complexity index is 1110. The first-order chi connectivity index (χ1) is 29.7. The minimum atomic E-state index is -4.62. The van der Waals surface area contributed by atoms with E-state index in [4.69, 9.17) is 29.4 Å². The molecule has 0 radical (unpaired) electrons. The molecule has 0 amide bonds. The van der Waals surface area contributed by atoms with Crippen LogP contribution in [0.25, 0.3) is 0 Å². The van der Waals surface area contributed by atoms with Crippen molar-refractivity contribution in [1.29, 1.82) is 0 Å². The van der Waals surface area contributed by atoms with E-state index in [-0.39, 0.29) is 13.0 Å². The molecule has 0 aliphatic heterocycles. The number of phosphoric acid groups is 1. The van der Waals surface area contributed by atoms with Crippen LogP contribution in [0.15, 0.2) is 36.5 Å². The number of nitrogens with two attached hydrogens (primary N) is 1. The number of esters is 1. The van der Waals surface area contributed by atoms with E-state index in [1.165, 1.54) is 154 Å². The Hall–Kier alpha value is -1.81. The van der Waals surface area contributed by atoms with E-state index in [0.717, 1.165) is 51.4 Å². The zero-order valence-electron chi connectivity index (χ0n) is 39.3. The molecule has 61 heavy (non-hydrogen) atoms. The van der Waals surface area contributed by atoms with Crippen LogP contribution in [0, 0.1) is 0 Å². The van der Waals surface area contributed by atoms with Gasteiger partial charge >= 0.3 is 19.8 Å². The van der Waals surface area contributed by atoms with Crippen LogP contribution in [0.2, 0.25) is 0 Å². The first-order valence-electron chi connectivity index (χ1n) is 25.0. The molecule has 0 saturated heterocycles. The first-order valence-corrected chi connectivity index (χ1v) is 26.5. The van der Waals surface area contributed by atoms with E-state index in [9.17, 15) is 19.0 Å². The molecule has 3 atom stereocenters. The molecule has 0 rings (SSSR count). The Balaban J connectivity index is 4.15. The molecule has 0 aliphatic rings. The molecule has 3 unspecified atom stereocenters. The third kappa shape index (κ3) is 46.0. The smallest absolute Gasteiger partial charge is 0.472 e. The monoisotopic (exact) mass is 884 g/mol. The normalized spacial score (nSPS) is 14.0. The molecule has 0 aliphatic carbocycles. The predicted octanol–water partition coefficient (Wildman–Crippen LogP) is 14.4. The number of unbranched alkanes of at least 4 members (excludes halogenated alkanes) is 28. The van der Waals surface area contributed by atoms with Crippen molar-refractivity contribution >= 4 is 19.8 Å². The Morgan fingerprint density at radius 3 is 1.38 bits per heavy atom. The second kappa shape index (κ2) is 46.2. The Morgan fingerprint density at radius 2 is 0.902 bits per heavy atom. The molecule has 0 aromatic rings. The summed E-state index contributed by atoms with van der Waals surface area (Å²) in [5.74, 6) is -1.78. The molecular weight excluding hydrogens is 790 g/mol. The van der Waals surface area contributed by atoms with Gasteiger partial charge in [-0.1, -0.05) is 192 Å². The van der Waals surface area contributed by atoms with Crippen LogP contribution >= 0.6 is 7.82 Å². The van der Waals surface area contributed by atoms with E-state index in [2.05, 4.69) is 50.3 Å². The molecule has 0 aromatic heterocycles. The van der Waals surface area contributed by atoms with E-state index in [1.54, 1.807) is 0 Å². The fourth-order valence-electron chi connectivity index (χ4n) is 6.98. The number of ether oxygens (including phenoxy) is 2. The maximum atomic E-state index is 12.7. The van der Waals surface area contributed by atoms with Crippen molar-refractivity contribution in [3.05, 3.63) is 36.5 Å². The lowest BCUT2D eigenvalue weighted by molar-refractivity contribution is -0.154. The van der Waals surface area contributed by atoms with Gasteiger partial charge in [-0.3, -0.25) is 18.6 Å². The summed E-state index contributed by atoms with van der Waals surface area (Å²) in [5, 5.41) is 8.92. The molecule has 0 spiro atoms. The van der Waals surface area contributed by atoms with Gasteiger partial charge in [-0.25, -0.2) is 4.57 Å². The highest BCUT2D eigenvalue weighted by Gasteiger charge is 2.27. The number of aliphatic carboxylic acids is 1. The lowest BCUT2D eigenvalue weighted by atomic mass is 10.1. The largest absolute Gasteiger partial charge is 0.480 e. The zero-order chi connectivity index (χ0) is 44.8. The summed E-state index contributed by atoms with van der Waals surface area (Å²) < 4.78 is 33.5. The number of hydrogen-bond donors (Lipinski definition) is 3. The maximum Gasteiger partial charge on any atom is 0.472 e. The average Bonchev–Trinajstić information content (AvgIpc) is 3.24. The van der Waals surface area contributed by atoms with Gasteiger partial charge in [0.1, 0.15) is 12.1 Å². The summed E-state index contributed by atoms with van der Waals surface area (Å²) in [6, 6.07) is -1.47. The van der Waals surface area contributed by atoms with Crippen LogP contribution in [0.1, 0.15) is 232 Å². The summed E-state index contributed by atoms with van der Waals surface area (Å²) in [4.78, 5) is 33.7. The van der Waals surface area contributed by atoms with Crippen LogP contribution in [0.3, 0.4) is 0 Å². The van der Waals surface area contributed by atoms with E-state index in [1.807, 2.05) is 0 Å². The summed E-state index contributed by atoms with van der Waals surface area (Å²) >= 11 is 0. The molecule has 358 valence electrons. The fourth-order valence-corrected chi connectivity index (χ4v) is 7.76. The van der Waals surface area contributed by atoms with Crippen LogP contribution in [0.5, 0.6) is 0 Å². The summed E-state index contributed by atoms with van der Waals surface area (Å²) in [6.07, 6.45) is 53.4. The van der Waals surface area contributed by atoms with Crippen LogP contribution < -0.4 is 5.73 Å². The molecule has 0 heterocycles. The quantitative estimate of drug-likeness (QED) is 0.0233. The number of rotatable bonds is 48. The number of carboxylic acid groups (broad SMARTS) is 1. The molecule has 0 aromatic carbocycles. The second-order valence-corrected chi connectivity index (χ2v) is 18.4. The van der Waals surface area contributed by atoms with Crippen LogP contribution in [-0.4, -0.2) is 60.5 Å². The van der Waals surface area contributed by atoms with E-state index >= 15 is 0 Å². The van der Waals surface area contributed by atoms with Crippen molar-refractivity contribution in [2.75, 3.05) is 26.4 Å². The predicted molar refractivity (Wildman–Crippen MR) is 254 cm³/mol. The Labute approximate surface area is 374 Å². The first kappa shape index (κ1) is 59.2. The van der Waals surface area contributed by atoms with E-state index < -0.39 is 45.1 Å². The highest BCUT2D eigenvalue weighted by Crippen LogP contribution is 2.43. The number of carbonyl (C=O) groups excluding carboxylic acids is 1. The summed E-state index contributed by atoms with van der Waals surface area (Å²) in [7, 11) is -4.62. The van der Waals surface area contributed by atoms with Gasteiger partial charge in [0.25, 0.3) is 0 Å². The van der Waals surface area contributed by atoms with E-state index in [0.29, 0.717) is 13.0 Å². The SMILES string of the molecule is CCCCC/C=C\C/C=C\CCCCCCCCCCOCC(COP(=O)(O)OCC(N)C(=O)O)OC(=O)CCCCCCCCCCC/C=C\CCCCCCCCCC. The minimum absolute atomic E-state index is 0.0136. The van der Waals surface area contributed by atoms with Gasteiger partial charge in [-0.05, 0) is 70.6 Å². The minimum Gasteiger partial charge on any atom is -0.480 e. The van der Waals surface area contributed by atoms with Crippen molar-refractivity contribution < 1.29 is 42.7 Å². The average molecular weight is 884 g/mol. The second-order valence-electron chi connectivity index (χ2n) is 16.9. The zero-order valence-corrected chi connectivity index (χ0v) is 40.2. The van der Waals surface area contributed by atoms with Gasteiger partial charge in [0.15, 0.2) is 0 Å². The van der Waals surface area contributed by atoms with Crippen molar-refractivity contribution in [1.82, 2.24) is 0 Å². The van der Waals surface area contributed by atoms with Gasteiger partial charge < -0.3 is 25.2 Å².